The van der Waals surface area contributed by atoms with Crippen molar-refractivity contribution in [3.63, 3.8) is 0 Å². The number of thiazole rings is 1. The molecule has 0 radical (unpaired) electrons. The van der Waals surface area contributed by atoms with E-state index in [4.69, 9.17) is 0 Å². The topological polar surface area (TPSA) is 19.4 Å². The van der Waals surface area contributed by atoms with Crippen LogP contribution in [0.15, 0.2) is 36.4 Å². The molecule has 24 heavy (non-hydrogen) atoms. The molecular formula is C18H17F2N3S. The van der Waals surface area contributed by atoms with Crippen molar-refractivity contribution in [3.8, 4) is 10.6 Å². The van der Waals surface area contributed by atoms with Gasteiger partial charge in [0.1, 0.15) is 16.6 Å². The van der Waals surface area contributed by atoms with Crippen molar-refractivity contribution >= 4 is 27.2 Å². The van der Waals surface area contributed by atoms with Gasteiger partial charge in [-0.3, -0.25) is 0 Å². The second-order valence-electron chi connectivity index (χ2n) is 6.06. The first-order valence-electron chi connectivity index (χ1n) is 7.90. The van der Waals surface area contributed by atoms with Gasteiger partial charge in [-0.1, -0.05) is 12.1 Å². The molecular weight excluding hydrogens is 328 g/mol. The first kappa shape index (κ1) is 15.5. The summed E-state index contributed by atoms with van der Waals surface area (Å²) in [4.78, 5) is 8.71. The first-order chi connectivity index (χ1) is 11.6. The fourth-order valence-corrected chi connectivity index (χ4v) is 3.98. The van der Waals surface area contributed by atoms with E-state index in [0.717, 1.165) is 30.9 Å². The maximum Gasteiger partial charge on any atom is 0.148 e. The summed E-state index contributed by atoms with van der Waals surface area (Å²) in [6.45, 7) is 3.44. The van der Waals surface area contributed by atoms with Crippen LogP contribution in [0.25, 0.3) is 20.8 Å². The van der Waals surface area contributed by atoms with Crippen molar-refractivity contribution in [1.29, 1.82) is 0 Å². The van der Waals surface area contributed by atoms with Crippen molar-refractivity contribution in [3.05, 3.63) is 48.0 Å². The van der Waals surface area contributed by atoms with Crippen molar-refractivity contribution in [1.82, 2.24) is 9.88 Å². The molecule has 1 saturated heterocycles. The molecule has 3 aromatic rings. The number of hydrogen-bond donors (Lipinski definition) is 0. The van der Waals surface area contributed by atoms with Gasteiger partial charge in [0.2, 0.25) is 0 Å². The lowest BCUT2D eigenvalue weighted by Gasteiger charge is -2.34. The minimum absolute atomic E-state index is 0.266. The number of rotatable bonds is 2. The number of halogens is 2. The molecule has 3 nitrogen and oxygen atoms in total. The fraction of sp³-hybridized carbons (Fsp3) is 0.278. The summed E-state index contributed by atoms with van der Waals surface area (Å²) >= 11 is 1.40. The molecule has 0 atom stereocenters. The van der Waals surface area contributed by atoms with E-state index in [9.17, 15) is 8.78 Å². The van der Waals surface area contributed by atoms with Gasteiger partial charge < -0.3 is 9.80 Å². The average Bonchev–Trinajstić information content (AvgIpc) is 2.98. The summed E-state index contributed by atoms with van der Waals surface area (Å²) in [7, 11) is 2.07. The van der Waals surface area contributed by atoms with Crippen molar-refractivity contribution in [2.45, 2.75) is 0 Å². The zero-order valence-electron chi connectivity index (χ0n) is 13.3. The van der Waals surface area contributed by atoms with Gasteiger partial charge in [0.15, 0.2) is 0 Å². The number of benzene rings is 2. The number of piperazine rings is 1. The highest BCUT2D eigenvalue weighted by Crippen LogP contribution is 2.35. The van der Waals surface area contributed by atoms with Gasteiger partial charge in [-0.25, -0.2) is 13.8 Å². The smallest absolute Gasteiger partial charge is 0.148 e. The van der Waals surface area contributed by atoms with E-state index in [1.54, 1.807) is 18.2 Å². The van der Waals surface area contributed by atoms with Crippen LogP contribution in [0.4, 0.5) is 14.5 Å². The summed E-state index contributed by atoms with van der Waals surface area (Å²) in [5.41, 5.74) is 1.65. The molecule has 0 saturated carbocycles. The fourth-order valence-electron chi connectivity index (χ4n) is 2.98. The summed E-state index contributed by atoms with van der Waals surface area (Å²) in [6, 6.07) is 9.85. The normalized spacial score (nSPS) is 16.0. The predicted octanol–water partition coefficient (Wildman–Crippen LogP) is 3.99. The van der Waals surface area contributed by atoms with Crippen LogP contribution in [-0.4, -0.2) is 43.1 Å². The van der Waals surface area contributed by atoms with Gasteiger partial charge in [0.25, 0.3) is 0 Å². The third kappa shape index (κ3) is 2.76. The van der Waals surface area contributed by atoms with Crippen LogP contribution >= 0.6 is 11.3 Å². The third-order valence-electron chi connectivity index (χ3n) is 4.41. The number of likely N-dealkylation sites (N-methyl/N-ethyl adjacent to an activating group) is 1. The van der Waals surface area contributed by atoms with Crippen LogP contribution in [0.2, 0.25) is 0 Å². The van der Waals surface area contributed by atoms with E-state index in [1.807, 2.05) is 6.07 Å². The number of anilines is 1. The largest absolute Gasteiger partial charge is 0.367 e. The summed E-state index contributed by atoms with van der Waals surface area (Å²) in [5.74, 6) is -0.575. The molecule has 0 N–H and O–H groups in total. The van der Waals surface area contributed by atoms with Crippen LogP contribution in [-0.2, 0) is 0 Å². The van der Waals surface area contributed by atoms with Crippen molar-refractivity contribution < 1.29 is 8.78 Å². The minimum Gasteiger partial charge on any atom is -0.367 e. The van der Waals surface area contributed by atoms with Gasteiger partial charge >= 0.3 is 0 Å². The van der Waals surface area contributed by atoms with E-state index in [-0.39, 0.29) is 11.6 Å². The Labute approximate surface area is 143 Å². The van der Waals surface area contributed by atoms with E-state index in [2.05, 4.69) is 21.8 Å². The molecule has 1 aliphatic heterocycles. The highest BCUT2D eigenvalue weighted by Gasteiger charge is 2.19. The Morgan fingerprint density at radius 1 is 1.00 bits per heavy atom. The Balaban J connectivity index is 1.74. The Bertz CT molecular complexity index is 885. The molecule has 0 amide bonds. The second-order valence-corrected chi connectivity index (χ2v) is 7.09. The van der Waals surface area contributed by atoms with Gasteiger partial charge in [-0.15, -0.1) is 11.3 Å². The average molecular weight is 345 g/mol. The lowest BCUT2D eigenvalue weighted by atomic mass is 10.2. The first-order valence-corrected chi connectivity index (χ1v) is 8.72. The number of hydrogen-bond acceptors (Lipinski definition) is 4. The van der Waals surface area contributed by atoms with E-state index >= 15 is 0 Å². The van der Waals surface area contributed by atoms with Gasteiger partial charge in [0.05, 0.1) is 15.9 Å². The molecule has 2 heterocycles. The molecule has 4 rings (SSSR count). The van der Waals surface area contributed by atoms with Gasteiger partial charge in [-0.05, 0) is 25.2 Å². The number of nitrogens with zero attached hydrogens (tertiary/aromatic N) is 3. The van der Waals surface area contributed by atoms with Crippen LogP contribution in [0.1, 0.15) is 0 Å². The Kier molecular flexibility index (Phi) is 3.94. The minimum atomic E-state index is -0.309. The second kappa shape index (κ2) is 6.11. The SMILES string of the molecule is CN1CCN(c2cc3sc(-c4ccccc4F)nc3cc2F)CC1. The molecule has 0 bridgehead atoms. The highest BCUT2D eigenvalue weighted by molar-refractivity contribution is 7.21. The maximum absolute atomic E-state index is 14.5. The molecule has 124 valence electrons. The van der Waals surface area contributed by atoms with Crippen LogP contribution in [0.5, 0.6) is 0 Å². The van der Waals surface area contributed by atoms with Crippen LogP contribution in [0, 0.1) is 11.6 Å². The van der Waals surface area contributed by atoms with E-state index in [1.165, 1.54) is 23.5 Å². The quantitative estimate of drug-likeness (QED) is 0.700. The Morgan fingerprint density at radius 3 is 2.50 bits per heavy atom. The van der Waals surface area contributed by atoms with Crippen molar-refractivity contribution in [2.75, 3.05) is 38.1 Å². The van der Waals surface area contributed by atoms with Crippen LogP contribution < -0.4 is 4.90 Å². The highest BCUT2D eigenvalue weighted by atomic mass is 32.1. The Morgan fingerprint density at radius 2 is 1.75 bits per heavy atom. The van der Waals surface area contributed by atoms with E-state index in [0.29, 0.717) is 21.8 Å². The molecule has 2 aromatic carbocycles. The molecule has 1 aromatic heterocycles. The number of aromatic nitrogens is 1. The predicted molar refractivity (Wildman–Crippen MR) is 94.7 cm³/mol. The molecule has 0 unspecified atom stereocenters. The third-order valence-corrected chi connectivity index (χ3v) is 5.46. The molecule has 1 aliphatic rings. The lowest BCUT2D eigenvalue weighted by Crippen LogP contribution is -2.44. The lowest BCUT2D eigenvalue weighted by molar-refractivity contribution is 0.312. The maximum atomic E-state index is 14.5. The summed E-state index contributed by atoms with van der Waals surface area (Å²) < 4.78 is 29.4. The molecule has 0 spiro atoms. The molecule has 6 heteroatoms. The summed E-state index contributed by atoms with van der Waals surface area (Å²) in [6.07, 6.45) is 0. The molecule has 1 fully saturated rings. The summed E-state index contributed by atoms with van der Waals surface area (Å²) in [5, 5.41) is 0.582. The molecule has 0 aliphatic carbocycles. The van der Waals surface area contributed by atoms with Gasteiger partial charge in [0, 0.05) is 37.8 Å². The van der Waals surface area contributed by atoms with E-state index < -0.39 is 0 Å². The monoisotopic (exact) mass is 345 g/mol. The zero-order chi connectivity index (χ0) is 16.7. The van der Waals surface area contributed by atoms with Crippen molar-refractivity contribution in [2.24, 2.45) is 0 Å². The standard InChI is InChI=1S/C18H17F2N3S/c1-22-6-8-23(9-7-22)16-11-17-15(10-14(16)20)21-18(24-17)12-4-2-3-5-13(12)19/h2-5,10-11H,6-9H2,1H3. The zero-order valence-corrected chi connectivity index (χ0v) is 14.1. The van der Waals surface area contributed by atoms with Gasteiger partial charge in [-0.2, -0.15) is 0 Å². The van der Waals surface area contributed by atoms with Crippen LogP contribution in [0.3, 0.4) is 0 Å². The Hall–Kier alpha value is -2.05. The number of fused-ring (bicyclic) bond motifs is 1.